The summed E-state index contributed by atoms with van der Waals surface area (Å²) in [6.45, 7) is 3.83. The van der Waals surface area contributed by atoms with Crippen LogP contribution in [-0.2, 0) is 9.53 Å². The topological polar surface area (TPSA) is 38.3 Å². The lowest BCUT2D eigenvalue weighted by atomic mass is 9.93. The van der Waals surface area contributed by atoms with Gasteiger partial charge in [-0.15, -0.1) is 0 Å². The fourth-order valence-corrected chi connectivity index (χ4v) is 2.02. The lowest BCUT2D eigenvalue weighted by molar-refractivity contribution is -0.123. The standard InChI is InChI=1S/C11H19NO2/c1-8(9-4-6-14-7-5-9)12-11(13)10-2-3-10/h8-10H,2-7H2,1H3,(H,12,13). The van der Waals surface area contributed by atoms with E-state index in [2.05, 4.69) is 12.2 Å². The zero-order chi connectivity index (χ0) is 9.97. The quantitative estimate of drug-likeness (QED) is 0.741. The molecule has 1 atom stereocenters. The fraction of sp³-hybridized carbons (Fsp3) is 0.909. The molecule has 1 aliphatic heterocycles. The van der Waals surface area contributed by atoms with Crippen molar-refractivity contribution in [1.82, 2.24) is 5.32 Å². The summed E-state index contributed by atoms with van der Waals surface area (Å²) in [6.07, 6.45) is 4.36. The minimum Gasteiger partial charge on any atom is -0.381 e. The molecule has 14 heavy (non-hydrogen) atoms. The summed E-state index contributed by atoms with van der Waals surface area (Å²) in [5, 5.41) is 3.12. The van der Waals surface area contributed by atoms with E-state index in [-0.39, 0.29) is 5.91 Å². The van der Waals surface area contributed by atoms with E-state index in [9.17, 15) is 4.79 Å². The van der Waals surface area contributed by atoms with E-state index < -0.39 is 0 Å². The monoisotopic (exact) mass is 197 g/mol. The number of nitrogens with one attached hydrogen (secondary N) is 1. The van der Waals surface area contributed by atoms with E-state index in [1.54, 1.807) is 0 Å². The highest BCUT2D eigenvalue weighted by atomic mass is 16.5. The SMILES string of the molecule is CC(NC(=O)C1CC1)C1CCOCC1. The Morgan fingerprint density at radius 3 is 2.50 bits per heavy atom. The van der Waals surface area contributed by atoms with Gasteiger partial charge >= 0.3 is 0 Å². The first kappa shape index (κ1) is 9.97. The average molecular weight is 197 g/mol. The molecular formula is C11H19NO2. The van der Waals surface area contributed by atoms with Gasteiger partial charge in [0.05, 0.1) is 0 Å². The van der Waals surface area contributed by atoms with E-state index in [0.717, 1.165) is 38.9 Å². The first-order valence-electron chi connectivity index (χ1n) is 5.65. The summed E-state index contributed by atoms with van der Waals surface area (Å²) >= 11 is 0. The Kier molecular flexibility index (Phi) is 3.06. The van der Waals surface area contributed by atoms with E-state index >= 15 is 0 Å². The first-order chi connectivity index (χ1) is 6.77. The van der Waals surface area contributed by atoms with Gasteiger partial charge in [-0.3, -0.25) is 4.79 Å². The summed E-state index contributed by atoms with van der Waals surface area (Å²) in [5.74, 6) is 1.22. The summed E-state index contributed by atoms with van der Waals surface area (Å²) in [5.41, 5.74) is 0. The normalized spacial score (nSPS) is 25.8. The predicted molar refractivity (Wildman–Crippen MR) is 53.9 cm³/mol. The van der Waals surface area contributed by atoms with Crippen molar-refractivity contribution in [2.75, 3.05) is 13.2 Å². The molecule has 1 N–H and O–H groups in total. The molecular weight excluding hydrogens is 178 g/mol. The maximum absolute atomic E-state index is 11.5. The van der Waals surface area contributed by atoms with Crippen molar-refractivity contribution in [2.24, 2.45) is 11.8 Å². The van der Waals surface area contributed by atoms with E-state index in [1.807, 2.05) is 0 Å². The van der Waals surface area contributed by atoms with Crippen molar-refractivity contribution in [3.8, 4) is 0 Å². The predicted octanol–water partition coefficient (Wildman–Crippen LogP) is 1.33. The molecule has 80 valence electrons. The Labute approximate surface area is 85.2 Å². The van der Waals surface area contributed by atoms with Crippen LogP contribution in [0.4, 0.5) is 0 Å². The molecule has 2 rings (SSSR count). The van der Waals surface area contributed by atoms with Crippen LogP contribution in [0.25, 0.3) is 0 Å². The maximum atomic E-state index is 11.5. The van der Waals surface area contributed by atoms with Gasteiger partial charge in [0.1, 0.15) is 0 Å². The second-order valence-corrected chi connectivity index (χ2v) is 4.52. The maximum Gasteiger partial charge on any atom is 0.223 e. The molecule has 1 saturated heterocycles. The molecule has 1 amide bonds. The molecule has 0 aromatic carbocycles. The minimum atomic E-state index is 0.268. The molecule has 3 nitrogen and oxygen atoms in total. The van der Waals surface area contributed by atoms with Crippen LogP contribution in [-0.4, -0.2) is 25.2 Å². The Morgan fingerprint density at radius 2 is 1.93 bits per heavy atom. The van der Waals surface area contributed by atoms with Gasteiger partial charge in [-0.1, -0.05) is 0 Å². The zero-order valence-electron chi connectivity index (χ0n) is 8.79. The summed E-state index contributed by atoms with van der Waals surface area (Å²) in [7, 11) is 0. The van der Waals surface area contributed by atoms with Crippen molar-refractivity contribution in [3.05, 3.63) is 0 Å². The number of amides is 1. The van der Waals surface area contributed by atoms with Gasteiger partial charge in [-0.2, -0.15) is 0 Å². The van der Waals surface area contributed by atoms with Crippen LogP contribution in [0.1, 0.15) is 32.6 Å². The molecule has 1 saturated carbocycles. The van der Waals surface area contributed by atoms with Crippen molar-refractivity contribution < 1.29 is 9.53 Å². The summed E-state index contributed by atoms with van der Waals surface area (Å²) in [6, 6.07) is 0.326. The fourth-order valence-electron chi connectivity index (χ4n) is 2.02. The van der Waals surface area contributed by atoms with E-state index in [4.69, 9.17) is 4.74 Å². The number of carbonyl (C=O) groups excluding carboxylic acids is 1. The van der Waals surface area contributed by atoms with Gasteiger partial charge in [0.15, 0.2) is 0 Å². The number of hydrogen-bond donors (Lipinski definition) is 1. The van der Waals surface area contributed by atoms with Gasteiger partial charge in [-0.05, 0) is 38.5 Å². The average Bonchev–Trinajstić information content (AvgIpc) is 3.02. The van der Waals surface area contributed by atoms with Crippen LogP contribution in [0.3, 0.4) is 0 Å². The second-order valence-electron chi connectivity index (χ2n) is 4.52. The highest BCUT2D eigenvalue weighted by molar-refractivity contribution is 5.81. The molecule has 1 unspecified atom stereocenters. The molecule has 0 spiro atoms. The number of carbonyl (C=O) groups is 1. The van der Waals surface area contributed by atoms with Crippen LogP contribution >= 0.6 is 0 Å². The van der Waals surface area contributed by atoms with Crippen LogP contribution < -0.4 is 5.32 Å². The molecule has 0 aromatic heterocycles. The number of rotatable bonds is 3. The Hall–Kier alpha value is -0.570. The van der Waals surface area contributed by atoms with Crippen molar-refractivity contribution in [2.45, 2.75) is 38.6 Å². The lowest BCUT2D eigenvalue weighted by Crippen LogP contribution is -2.40. The van der Waals surface area contributed by atoms with Gasteiger partial charge in [0.25, 0.3) is 0 Å². The molecule has 0 aromatic rings. The summed E-state index contributed by atoms with van der Waals surface area (Å²) in [4.78, 5) is 11.5. The van der Waals surface area contributed by atoms with Crippen molar-refractivity contribution >= 4 is 5.91 Å². The van der Waals surface area contributed by atoms with Gasteiger partial charge in [0, 0.05) is 25.2 Å². The molecule has 2 fully saturated rings. The van der Waals surface area contributed by atoms with Crippen LogP contribution in [0, 0.1) is 11.8 Å². The van der Waals surface area contributed by atoms with Gasteiger partial charge in [-0.25, -0.2) is 0 Å². The second kappa shape index (κ2) is 4.30. The Balaban J connectivity index is 1.75. The molecule has 1 heterocycles. The Bertz CT molecular complexity index is 207. The van der Waals surface area contributed by atoms with E-state index in [0.29, 0.717) is 17.9 Å². The number of ether oxygens (including phenoxy) is 1. The van der Waals surface area contributed by atoms with Gasteiger partial charge < -0.3 is 10.1 Å². The summed E-state index contributed by atoms with van der Waals surface area (Å²) < 4.78 is 5.30. The van der Waals surface area contributed by atoms with Crippen molar-refractivity contribution in [1.29, 1.82) is 0 Å². The van der Waals surface area contributed by atoms with Crippen molar-refractivity contribution in [3.63, 3.8) is 0 Å². The largest absolute Gasteiger partial charge is 0.381 e. The Morgan fingerprint density at radius 1 is 1.29 bits per heavy atom. The van der Waals surface area contributed by atoms with Crippen LogP contribution in [0.5, 0.6) is 0 Å². The highest BCUT2D eigenvalue weighted by Crippen LogP contribution is 2.29. The molecule has 0 radical (unpaired) electrons. The third-order valence-corrected chi connectivity index (χ3v) is 3.29. The lowest BCUT2D eigenvalue weighted by Gasteiger charge is -2.28. The van der Waals surface area contributed by atoms with E-state index in [1.165, 1.54) is 0 Å². The van der Waals surface area contributed by atoms with Gasteiger partial charge in [0.2, 0.25) is 5.91 Å². The molecule has 1 aliphatic carbocycles. The molecule has 3 heteroatoms. The van der Waals surface area contributed by atoms with Crippen LogP contribution in [0.2, 0.25) is 0 Å². The molecule has 2 aliphatic rings. The van der Waals surface area contributed by atoms with Crippen LogP contribution in [0.15, 0.2) is 0 Å². The third-order valence-electron chi connectivity index (χ3n) is 3.29. The first-order valence-corrected chi connectivity index (χ1v) is 5.65. The smallest absolute Gasteiger partial charge is 0.223 e. The zero-order valence-corrected chi connectivity index (χ0v) is 8.79. The molecule has 0 bridgehead atoms. The highest BCUT2D eigenvalue weighted by Gasteiger charge is 2.31. The third kappa shape index (κ3) is 2.47. The number of hydrogen-bond acceptors (Lipinski definition) is 2. The minimum absolute atomic E-state index is 0.268.